The Balaban J connectivity index is 1.77. The molecule has 0 atom stereocenters. The molecule has 0 bridgehead atoms. The summed E-state index contributed by atoms with van der Waals surface area (Å²) in [6.45, 7) is 0. The number of hydrogen-bond acceptors (Lipinski definition) is 4. The smallest absolute Gasteiger partial charge is 0.270 e. The van der Waals surface area contributed by atoms with Crippen molar-refractivity contribution in [1.29, 1.82) is 0 Å². The van der Waals surface area contributed by atoms with Crippen LogP contribution in [0.5, 0.6) is 0 Å². The van der Waals surface area contributed by atoms with Crippen molar-refractivity contribution < 1.29 is 4.92 Å². The minimum Gasteiger partial charge on any atom is -0.313 e. The molecule has 1 aromatic heterocycles. The zero-order chi connectivity index (χ0) is 17.6. The monoisotopic (exact) mass is 354 g/mol. The molecule has 7 heteroatoms. The first kappa shape index (κ1) is 15.8. The van der Waals surface area contributed by atoms with Crippen LogP contribution in [0.4, 0.5) is 5.69 Å². The fourth-order valence-corrected chi connectivity index (χ4v) is 3.56. The molecule has 4 rings (SSSR count). The van der Waals surface area contributed by atoms with Gasteiger partial charge in [-0.1, -0.05) is 41.9 Å². The molecule has 0 radical (unpaired) electrons. The maximum atomic E-state index is 10.9. The zero-order valence-electron chi connectivity index (χ0n) is 13.5. The van der Waals surface area contributed by atoms with Crippen LogP contribution in [0.2, 0.25) is 5.02 Å². The van der Waals surface area contributed by atoms with E-state index in [9.17, 15) is 10.1 Å². The lowest BCUT2D eigenvalue weighted by atomic mass is 9.95. The molecule has 1 heterocycles. The van der Waals surface area contributed by atoms with Gasteiger partial charge in [-0.25, -0.2) is 0 Å². The second-order valence-electron chi connectivity index (χ2n) is 6.28. The maximum absolute atomic E-state index is 10.9. The summed E-state index contributed by atoms with van der Waals surface area (Å²) in [7, 11) is 1.91. The summed E-state index contributed by atoms with van der Waals surface area (Å²) in [6.07, 6.45) is 2.05. The van der Waals surface area contributed by atoms with Gasteiger partial charge in [-0.15, -0.1) is 10.2 Å². The topological polar surface area (TPSA) is 73.8 Å². The molecule has 6 nitrogen and oxygen atoms in total. The SMILES string of the molecule is Cn1c(-c2ccc([N+](=O)[O-])cc2Cl)nnc1C1(c2ccccc2)CC1. The van der Waals surface area contributed by atoms with E-state index in [1.807, 2.05) is 29.8 Å². The molecule has 2 aromatic carbocycles. The van der Waals surface area contributed by atoms with Gasteiger partial charge in [-0.2, -0.15) is 0 Å². The third-order valence-electron chi connectivity index (χ3n) is 4.78. The molecule has 3 aromatic rings. The van der Waals surface area contributed by atoms with Crippen LogP contribution in [0.25, 0.3) is 11.4 Å². The summed E-state index contributed by atoms with van der Waals surface area (Å²) < 4.78 is 1.94. The Morgan fingerprint density at radius 3 is 2.48 bits per heavy atom. The van der Waals surface area contributed by atoms with E-state index < -0.39 is 4.92 Å². The van der Waals surface area contributed by atoms with Crippen molar-refractivity contribution in [3.63, 3.8) is 0 Å². The Morgan fingerprint density at radius 1 is 1.16 bits per heavy atom. The lowest BCUT2D eigenvalue weighted by Crippen LogP contribution is -2.15. The molecule has 1 aliphatic carbocycles. The van der Waals surface area contributed by atoms with Gasteiger partial charge in [-0.3, -0.25) is 10.1 Å². The number of nitro benzene ring substituents is 1. The average Bonchev–Trinajstić information content (AvgIpc) is 3.33. The van der Waals surface area contributed by atoms with Gasteiger partial charge in [-0.05, 0) is 24.5 Å². The number of aromatic nitrogens is 3. The molecule has 25 heavy (non-hydrogen) atoms. The van der Waals surface area contributed by atoms with Gasteiger partial charge in [0.05, 0.1) is 15.4 Å². The number of rotatable bonds is 4. The van der Waals surface area contributed by atoms with E-state index in [4.69, 9.17) is 11.6 Å². The van der Waals surface area contributed by atoms with Crippen LogP contribution >= 0.6 is 11.6 Å². The molecular formula is C18H15ClN4O2. The summed E-state index contributed by atoms with van der Waals surface area (Å²) in [5.74, 6) is 1.50. The molecular weight excluding hydrogens is 340 g/mol. The second kappa shape index (κ2) is 5.67. The summed E-state index contributed by atoms with van der Waals surface area (Å²) in [5, 5.41) is 19.9. The molecule has 0 saturated heterocycles. The molecule has 0 spiro atoms. The minimum atomic E-state index is -0.466. The molecule has 0 amide bonds. The Hall–Kier alpha value is -2.73. The van der Waals surface area contributed by atoms with E-state index in [1.165, 1.54) is 17.7 Å². The summed E-state index contributed by atoms with van der Waals surface area (Å²) in [5.41, 5.74) is 1.72. The Labute approximate surface area is 149 Å². The Morgan fingerprint density at radius 2 is 1.88 bits per heavy atom. The third kappa shape index (κ3) is 2.49. The van der Waals surface area contributed by atoms with Crippen LogP contribution in [0.3, 0.4) is 0 Å². The number of nitro groups is 1. The predicted octanol–water partition coefficient (Wildman–Crippen LogP) is 4.12. The van der Waals surface area contributed by atoms with Gasteiger partial charge in [0.25, 0.3) is 5.69 Å². The number of hydrogen-bond donors (Lipinski definition) is 0. The number of non-ortho nitro benzene ring substituents is 1. The van der Waals surface area contributed by atoms with E-state index in [2.05, 4.69) is 22.3 Å². The molecule has 0 N–H and O–H groups in total. The summed E-state index contributed by atoms with van der Waals surface area (Å²) in [4.78, 5) is 10.4. The van der Waals surface area contributed by atoms with E-state index in [0.29, 0.717) is 16.4 Å². The highest BCUT2D eigenvalue weighted by Gasteiger charge is 2.49. The van der Waals surface area contributed by atoms with E-state index in [0.717, 1.165) is 18.7 Å². The summed E-state index contributed by atoms with van der Waals surface area (Å²) >= 11 is 6.25. The first-order valence-corrected chi connectivity index (χ1v) is 8.30. The Bertz CT molecular complexity index is 964. The molecule has 0 unspecified atom stereocenters. The van der Waals surface area contributed by atoms with Crippen LogP contribution in [0.1, 0.15) is 24.2 Å². The van der Waals surface area contributed by atoms with Gasteiger partial charge >= 0.3 is 0 Å². The highest BCUT2D eigenvalue weighted by molar-refractivity contribution is 6.33. The van der Waals surface area contributed by atoms with Crippen LogP contribution in [0.15, 0.2) is 48.5 Å². The normalized spacial score (nSPS) is 15.1. The average molecular weight is 355 g/mol. The highest BCUT2D eigenvalue weighted by atomic mass is 35.5. The van der Waals surface area contributed by atoms with Crippen LogP contribution in [-0.4, -0.2) is 19.7 Å². The molecule has 126 valence electrons. The number of nitrogens with zero attached hydrogens (tertiary/aromatic N) is 4. The molecule has 1 aliphatic rings. The second-order valence-corrected chi connectivity index (χ2v) is 6.68. The molecule has 1 fully saturated rings. The van der Waals surface area contributed by atoms with Crippen molar-refractivity contribution in [2.45, 2.75) is 18.3 Å². The largest absolute Gasteiger partial charge is 0.313 e. The lowest BCUT2D eigenvalue weighted by Gasteiger charge is -2.15. The van der Waals surface area contributed by atoms with E-state index in [1.54, 1.807) is 6.07 Å². The van der Waals surface area contributed by atoms with Gasteiger partial charge < -0.3 is 4.57 Å². The van der Waals surface area contributed by atoms with E-state index in [-0.39, 0.29) is 11.1 Å². The van der Waals surface area contributed by atoms with Gasteiger partial charge in [0.2, 0.25) is 0 Å². The van der Waals surface area contributed by atoms with Crippen molar-refractivity contribution in [3.8, 4) is 11.4 Å². The molecule has 0 aliphatic heterocycles. The van der Waals surface area contributed by atoms with Gasteiger partial charge in [0, 0.05) is 24.7 Å². The zero-order valence-corrected chi connectivity index (χ0v) is 14.3. The minimum absolute atomic E-state index is 0.0425. The molecule has 1 saturated carbocycles. The predicted molar refractivity (Wildman–Crippen MR) is 94.6 cm³/mol. The Kier molecular flexibility index (Phi) is 3.58. The van der Waals surface area contributed by atoms with Crippen molar-refractivity contribution >= 4 is 17.3 Å². The van der Waals surface area contributed by atoms with Gasteiger partial charge in [0.15, 0.2) is 5.82 Å². The van der Waals surface area contributed by atoms with Crippen LogP contribution < -0.4 is 0 Å². The third-order valence-corrected chi connectivity index (χ3v) is 5.10. The van der Waals surface area contributed by atoms with Crippen molar-refractivity contribution in [2.24, 2.45) is 7.05 Å². The highest BCUT2D eigenvalue weighted by Crippen LogP contribution is 2.53. The first-order chi connectivity index (χ1) is 12.0. The summed E-state index contributed by atoms with van der Waals surface area (Å²) in [6, 6.07) is 14.7. The fraction of sp³-hybridized carbons (Fsp3) is 0.222. The van der Waals surface area contributed by atoms with Crippen molar-refractivity contribution in [2.75, 3.05) is 0 Å². The van der Waals surface area contributed by atoms with Gasteiger partial charge in [0.1, 0.15) is 5.82 Å². The standard InChI is InChI=1S/C18H15ClN4O2/c1-22-16(14-8-7-13(23(24)25)11-15(14)19)20-21-17(22)18(9-10-18)12-5-3-2-4-6-12/h2-8,11H,9-10H2,1H3. The van der Waals surface area contributed by atoms with Crippen LogP contribution in [-0.2, 0) is 12.5 Å². The van der Waals surface area contributed by atoms with Crippen LogP contribution in [0, 0.1) is 10.1 Å². The lowest BCUT2D eigenvalue weighted by molar-refractivity contribution is -0.384. The quantitative estimate of drug-likeness (QED) is 0.521. The first-order valence-electron chi connectivity index (χ1n) is 7.93. The number of benzene rings is 2. The van der Waals surface area contributed by atoms with Crippen molar-refractivity contribution in [3.05, 3.63) is 75.1 Å². The van der Waals surface area contributed by atoms with E-state index >= 15 is 0 Å². The maximum Gasteiger partial charge on any atom is 0.270 e. The number of halogens is 1. The fourth-order valence-electron chi connectivity index (χ4n) is 3.30. The van der Waals surface area contributed by atoms with Crippen molar-refractivity contribution in [1.82, 2.24) is 14.8 Å².